The van der Waals surface area contributed by atoms with Crippen LogP contribution in [0.4, 0.5) is 4.39 Å². The van der Waals surface area contributed by atoms with Crippen molar-refractivity contribution >= 4 is 0 Å². The number of likely N-dealkylation sites (N-methyl/N-ethyl adjacent to an activating group) is 2. The minimum atomic E-state index is -0.134. The van der Waals surface area contributed by atoms with Crippen molar-refractivity contribution in [2.45, 2.75) is 50.6 Å². The molecule has 2 nitrogen and oxygen atoms in total. The van der Waals surface area contributed by atoms with E-state index in [0.717, 1.165) is 12.0 Å². The fraction of sp³-hybridized carbons (Fsp3) is 0.647. The van der Waals surface area contributed by atoms with Crippen LogP contribution in [-0.2, 0) is 6.42 Å². The monoisotopic (exact) mass is 278 g/mol. The van der Waals surface area contributed by atoms with Crippen LogP contribution < -0.4 is 5.32 Å². The van der Waals surface area contributed by atoms with E-state index in [2.05, 4.69) is 31.2 Å². The molecule has 1 unspecified atom stereocenters. The number of rotatable bonds is 5. The lowest BCUT2D eigenvalue weighted by Crippen LogP contribution is -2.57. The highest BCUT2D eigenvalue weighted by molar-refractivity contribution is 5.28. The molecule has 1 aliphatic carbocycles. The summed E-state index contributed by atoms with van der Waals surface area (Å²) in [6, 6.07) is 5.48. The summed E-state index contributed by atoms with van der Waals surface area (Å²) < 4.78 is 13.5. The van der Waals surface area contributed by atoms with Crippen molar-refractivity contribution in [1.82, 2.24) is 10.2 Å². The van der Waals surface area contributed by atoms with E-state index in [4.69, 9.17) is 0 Å². The topological polar surface area (TPSA) is 15.3 Å². The predicted octanol–water partition coefficient (Wildman–Crippen LogP) is 3.14. The van der Waals surface area contributed by atoms with Crippen molar-refractivity contribution in [3.63, 3.8) is 0 Å². The largest absolute Gasteiger partial charge is 0.315 e. The molecule has 0 bridgehead atoms. The second-order valence-corrected chi connectivity index (χ2v) is 6.32. The van der Waals surface area contributed by atoms with E-state index in [0.29, 0.717) is 6.04 Å². The van der Waals surface area contributed by atoms with E-state index in [1.54, 1.807) is 12.1 Å². The van der Waals surface area contributed by atoms with Gasteiger partial charge < -0.3 is 10.2 Å². The highest BCUT2D eigenvalue weighted by Crippen LogP contribution is 2.38. The third-order valence-electron chi connectivity index (χ3n) is 5.09. The summed E-state index contributed by atoms with van der Waals surface area (Å²) in [5, 5.41) is 3.50. The third-order valence-corrected chi connectivity index (χ3v) is 5.09. The van der Waals surface area contributed by atoms with Gasteiger partial charge in [-0.1, -0.05) is 18.9 Å². The molecule has 0 radical (unpaired) electrons. The van der Waals surface area contributed by atoms with E-state index in [1.165, 1.54) is 31.2 Å². The van der Waals surface area contributed by atoms with Crippen LogP contribution in [0, 0.1) is 12.7 Å². The van der Waals surface area contributed by atoms with Crippen molar-refractivity contribution in [2.24, 2.45) is 0 Å². The second kappa shape index (κ2) is 6.23. The summed E-state index contributed by atoms with van der Waals surface area (Å²) in [5.41, 5.74) is 2.50. The van der Waals surface area contributed by atoms with Gasteiger partial charge in [0, 0.05) is 11.6 Å². The lowest BCUT2D eigenvalue weighted by Gasteiger charge is -2.43. The first-order valence-corrected chi connectivity index (χ1v) is 7.59. The Bertz CT molecular complexity index is 450. The number of nitrogens with zero attached hydrogens (tertiary/aromatic N) is 1. The highest BCUT2D eigenvalue weighted by atomic mass is 19.1. The van der Waals surface area contributed by atoms with Gasteiger partial charge >= 0.3 is 0 Å². The van der Waals surface area contributed by atoms with Crippen molar-refractivity contribution < 1.29 is 4.39 Å². The minimum Gasteiger partial charge on any atom is -0.315 e. The Hall–Kier alpha value is -0.930. The number of nitrogens with one attached hydrogen (secondary N) is 1. The fourth-order valence-corrected chi connectivity index (χ4v) is 3.74. The molecule has 2 rings (SSSR count). The molecular weight excluding hydrogens is 251 g/mol. The van der Waals surface area contributed by atoms with Crippen LogP contribution >= 0.6 is 0 Å². The van der Waals surface area contributed by atoms with Crippen molar-refractivity contribution in [3.8, 4) is 0 Å². The molecule has 0 heterocycles. The van der Waals surface area contributed by atoms with Gasteiger partial charge in [-0.15, -0.1) is 0 Å². The maximum atomic E-state index is 13.5. The molecular formula is C17H27FN2. The molecule has 0 aliphatic heterocycles. The molecule has 3 heteroatoms. The summed E-state index contributed by atoms with van der Waals surface area (Å²) >= 11 is 0. The second-order valence-electron chi connectivity index (χ2n) is 6.32. The molecule has 112 valence electrons. The maximum absolute atomic E-state index is 13.5. The van der Waals surface area contributed by atoms with Crippen LogP contribution in [-0.4, -0.2) is 37.6 Å². The van der Waals surface area contributed by atoms with Gasteiger partial charge in [-0.3, -0.25) is 0 Å². The van der Waals surface area contributed by atoms with Crippen LogP contribution in [0.1, 0.15) is 36.8 Å². The number of aryl methyl sites for hydroxylation is 1. The Kier molecular flexibility index (Phi) is 4.82. The molecule has 0 aromatic heterocycles. The zero-order valence-electron chi connectivity index (χ0n) is 13.2. The average Bonchev–Trinajstić information content (AvgIpc) is 2.90. The molecule has 1 aliphatic rings. The quantitative estimate of drug-likeness (QED) is 0.890. The molecule has 1 saturated carbocycles. The minimum absolute atomic E-state index is 0.134. The smallest absolute Gasteiger partial charge is 0.123 e. The first-order valence-electron chi connectivity index (χ1n) is 7.59. The zero-order valence-corrected chi connectivity index (χ0v) is 13.2. The van der Waals surface area contributed by atoms with Crippen LogP contribution in [0.15, 0.2) is 18.2 Å². The van der Waals surface area contributed by atoms with Crippen molar-refractivity contribution in [1.29, 1.82) is 0 Å². The maximum Gasteiger partial charge on any atom is 0.123 e. The number of halogens is 1. The van der Waals surface area contributed by atoms with Gasteiger partial charge in [0.05, 0.1) is 0 Å². The lowest BCUT2D eigenvalue weighted by atomic mass is 9.82. The van der Waals surface area contributed by atoms with Gasteiger partial charge in [0.25, 0.3) is 0 Å². The lowest BCUT2D eigenvalue weighted by molar-refractivity contribution is 0.108. The molecule has 1 aromatic rings. The van der Waals surface area contributed by atoms with E-state index in [9.17, 15) is 4.39 Å². The van der Waals surface area contributed by atoms with Crippen LogP contribution in [0.3, 0.4) is 0 Å². The molecule has 0 amide bonds. The highest BCUT2D eigenvalue weighted by Gasteiger charge is 2.42. The number of hydrogen-bond donors (Lipinski definition) is 1. The van der Waals surface area contributed by atoms with E-state index in [1.807, 2.05) is 13.1 Å². The molecule has 1 N–H and O–H groups in total. The van der Waals surface area contributed by atoms with Gasteiger partial charge in [0.15, 0.2) is 0 Å². The molecule has 20 heavy (non-hydrogen) atoms. The fourth-order valence-electron chi connectivity index (χ4n) is 3.74. The van der Waals surface area contributed by atoms with E-state index < -0.39 is 0 Å². The summed E-state index contributed by atoms with van der Waals surface area (Å²) in [4.78, 5) is 2.37. The molecule has 1 fully saturated rings. The molecule has 1 aromatic carbocycles. The Balaban J connectivity index is 2.26. The summed E-state index contributed by atoms with van der Waals surface area (Å²) in [7, 11) is 6.38. The van der Waals surface area contributed by atoms with Gasteiger partial charge in [0.1, 0.15) is 5.82 Å². The number of benzene rings is 1. The van der Waals surface area contributed by atoms with Crippen molar-refractivity contribution in [2.75, 3.05) is 21.1 Å². The summed E-state index contributed by atoms with van der Waals surface area (Å²) in [5.74, 6) is -0.134. The summed E-state index contributed by atoms with van der Waals surface area (Å²) in [6.07, 6.45) is 5.91. The molecule has 0 saturated heterocycles. The van der Waals surface area contributed by atoms with E-state index in [-0.39, 0.29) is 11.4 Å². The Morgan fingerprint density at radius 2 is 1.95 bits per heavy atom. The van der Waals surface area contributed by atoms with Gasteiger partial charge in [0.2, 0.25) is 0 Å². The first-order chi connectivity index (χ1) is 9.49. The SMILES string of the molecule is CNC(Cc1cc(F)ccc1C)C1(N(C)C)CCCC1. The Labute approximate surface area is 122 Å². The zero-order chi connectivity index (χ0) is 14.8. The van der Waals surface area contributed by atoms with Gasteiger partial charge in [-0.25, -0.2) is 4.39 Å². The predicted molar refractivity (Wildman–Crippen MR) is 82.6 cm³/mol. The number of hydrogen-bond acceptors (Lipinski definition) is 2. The van der Waals surface area contributed by atoms with Gasteiger partial charge in [-0.2, -0.15) is 0 Å². The van der Waals surface area contributed by atoms with Crippen molar-refractivity contribution in [3.05, 3.63) is 35.1 Å². The summed E-state index contributed by atoms with van der Waals surface area (Å²) in [6.45, 7) is 2.07. The normalized spacial score (nSPS) is 19.5. The molecule has 0 spiro atoms. The Morgan fingerprint density at radius 3 is 2.50 bits per heavy atom. The first kappa shape index (κ1) is 15.5. The Morgan fingerprint density at radius 1 is 1.30 bits per heavy atom. The standard InChI is InChI=1S/C17H27FN2/c1-13-7-8-15(18)11-14(13)12-16(19-2)17(20(3)4)9-5-6-10-17/h7-8,11,16,19H,5-6,9-10,12H2,1-4H3. The van der Waals surface area contributed by atoms with E-state index >= 15 is 0 Å². The van der Waals surface area contributed by atoms with Crippen LogP contribution in [0.5, 0.6) is 0 Å². The van der Waals surface area contributed by atoms with Crippen LogP contribution in [0.2, 0.25) is 0 Å². The van der Waals surface area contributed by atoms with Crippen LogP contribution in [0.25, 0.3) is 0 Å². The average molecular weight is 278 g/mol. The third kappa shape index (κ3) is 2.89. The molecule has 1 atom stereocenters. The van der Waals surface area contributed by atoms with Gasteiger partial charge in [-0.05, 0) is 70.6 Å².